The molecule has 2 aromatic carbocycles. The van der Waals surface area contributed by atoms with Gasteiger partial charge in [-0.2, -0.15) is 0 Å². The van der Waals surface area contributed by atoms with Gasteiger partial charge >= 0.3 is 0 Å². The number of rotatable bonds is 1. The van der Waals surface area contributed by atoms with E-state index in [4.69, 9.17) is 0 Å². The molecule has 3 aliphatic carbocycles. The van der Waals surface area contributed by atoms with Crippen molar-refractivity contribution in [1.29, 1.82) is 0 Å². The molecular formula is C25H28O. The van der Waals surface area contributed by atoms with E-state index in [1.165, 1.54) is 35.1 Å². The van der Waals surface area contributed by atoms with E-state index in [-0.39, 0.29) is 11.5 Å². The molecule has 0 aromatic heterocycles. The van der Waals surface area contributed by atoms with E-state index in [0.717, 1.165) is 12.8 Å². The van der Waals surface area contributed by atoms with Crippen LogP contribution in [0.25, 0.3) is 17.2 Å². The standard InChI is InChI=1S/C25H28O/c1-16-14-19(17-6-4-3-5-7-17)15-18-8-9-20-21(24(16)18)12-13-25(2)22(20)10-11-23(25)26/h3-9,14-15,20-23,26H,10-13H2,1-2H3/t20-,21+,22+,23?,25+/m1/s1. The molecule has 0 bridgehead atoms. The quantitative estimate of drug-likeness (QED) is 0.677. The Bertz CT molecular complexity index is 865. The van der Waals surface area contributed by atoms with E-state index in [1.54, 1.807) is 5.56 Å². The zero-order valence-electron chi connectivity index (χ0n) is 15.8. The third-order valence-electron chi connectivity index (χ3n) is 7.68. The predicted octanol–water partition coefficient (Wildman–Crippen LogP) is 5.96. The van der Waals surface area contributed by atoms with Gasteiger partial charge < -0.3 is 5.11 Å². The lowest BCUT2D eigenvalue weighted by atomic mass is 9.56. The van der Waals surface area contributed by atoms with Gasteiger partial charge in [-0.05, 0) is 89.7 Å². The van der Waals surface area contributed by atoms with E-state index in [2.05, 4.69) is 68.5 Å². The second kappa shape index (κ2) is 5.82. The molecule has 1 N–H and O–H groups in total. The molecular weight excluding hydrogens is 316 g/mol. The lowest BCUT2D eigenvalue weighted by molar-refractivity contribution is -0.00803. The van der Waals surface area contributed by atoms with Crippen molar-refractivity contribution in [3.05, 3.63) is 65.2 Å². The van der Waals surface area contributed by atoms with Gasteiger partial charge in [0, 0.05) is 0 Å². The molecule has 134 valence electrons. The Morgan fingerprint density at radius 3 is 2.62 bits per heavy atom. The molecule has 1 nitrogen and oxygen atoms in total. The van der Waals surface area contributed by atoms with E-state index in [0.29, 0.717) is 17.8 Å². The van der Waals surface area contributed by atoms with Crippen LogP contribution in [0, 0.1) is 24.2 Å². The van der Waals surface area contributed by atoms with Crippen molar-refractivity contribution >= 4 is 6.08 Å². The minimum Gasteiger partial charge on any atom is -0.393 e. The maximum atomic E-state index is 10.6. The Balaban J connectivity index is 1.56. The summed E-state index contributed by atoms with van der Waals surface area (Å²) < 4.78 is 0. The van der Waals surface area contributed by atoms with Crippen molar-refractivity contribution in [3.63, 3.8) is 0 Å². The molecule has 0 aliphatic heterocycles. The monoisotopic (exact) mass is 344 g/mol. The minimum absolute atomic E-state index is 0.107. The zero-order valence-corrected chi connectivity index (χ0v) is 15.8. The highest BCUT2D eigenvalue weighted by Crippen LogP contribution is 2.60. The summed E-state index contributed by atoms with van der Waals surface area (Å²) in [7, 11) is 0. The molecule has 5 rings (SSSR count). The molecule has 2 fully saturated rings. The maximum Gasteiger partial charge on any atom is 0.0596 e. The number of aliphatic hydroxyl groups is 1. The van der Waals surface area contributed by atoms with Crippen LogP contribution < -0.4 is 0 Å². The molecule has 1 heteroatoms. The van der Waals surface area contributed by atoms with E-state index in [9.17, 15) is 5.11 Å². The number of aryl methyl sites for hydroxylation is 1. The molecule has 26 heavy (non-hydrogen) atoms. The molecule has 3 aliphatic rings. The maximum absolute atomic E-state index is 10.6. The Morgan fingerprint density at radius 2 is 1.81 bits per heavy atom. The minimum atomic E-state index is -0.107. The Kier molecular flexibility index (Phi) is 3.66. The number of aliphatic hydroxyl groups excluding tert-OH is 1. The van der Waals surface area contributed by atoms with Gasteiger partial charge in [0.15, 0.2) is 0 Å². The summed E-state index contributed by atoms with van der Waals surface area (Å²) in [6.45, 7) is 4.62. The van der Waals surface area contributed by atoms with Crippen LogP contribution in [0.5, 0.6) is 0 Å². The fraction of sp³-hybridized carbons (Fsp3) is 0.440. The third-order valence-corrected chi connectivity index (χ3v) is 7.68. The summed E-state index contributed by atoms with van der Waals surface area (Å²) >= 11 is 0. The summed E-state index contributed by atoms with van der Waals surface area (Å²) in [5.74, 6) is 1.86. The largest absolute Gasteiger partial charge is 0.393 e. The highest BCUT2D eigenvalue weighted by molar-refractivity contribution is 5.72. The van der Waals surface area contributed by atoms with Gasteiger partial charge in [0.2, 0.25) is 0 Å². The van der Waals surface area contributed by atoms with Crippen LogP contribution in [0.3, 0.4) is 0 Å². The van der Waals surface area contributed by atoms with Gasteiger partial charge in [0.25, 0.3) is 0 Å². The fourth-order valence-corrected chi connectivity index (χ4v) is 6.25. The van der Waals surface area contributed by atoms with Gasteiger partial charge in [-0.3, -0.25) is 0 Å². The van der Waals surface area contributed by atoms with Crippen molar-refractivity contribution in [2.24, 2.45) is 17.3 Å². The third kappa shape index (κ3) is 2.26. The molecule has 5 atom stereocenters. The van der Waals surface area contributed by atoms with Crippen LogP contribution in [0.4, 0.5) is 0 Å². The normalized spacial score (nSPS) is 34.9. The van der Waals surface area contributed by atoms with Crippen molar-refractivity contribution in [2.75, 3.05) is 0 Å². The highest BCUT2D eigenvalue weighted by Gasteiger charge is 2.53. The summed E-state index contributed by atoms with van der Waals surface area (Å²) in [5, 5.41) is 10.6. The molecule has 1 unspecified atom stereocenters. The second-order valence-electron chi connectivity index (χ2n) is 8.95. The Labute approximate surface area is 156 Å². The van der Waals surface area contributed by atoms with Crippen molar-refractivity contribution < 1.29 is 5.11 Å². The molecule has 0 spiro atoms. The van der Waals surface area contributed by atoms with Crippen molar-refractivity contribution in [3.8, 4) is 11.1 Å². The van der Waals surface area contributed by atoms with Crippen LogP contribution in [-0.2, 0) is 0 Å². The van der Waals surface area contributed by atoms with E-state index >= 15 is 0 Å². The second-order valence-corrected chi connectivity index (χ2v) is 8.95. The lowest BCUT2D eigenvalue weighted by Crippen LogP contribution is -2.42. The number of fused-ring (bicyclic) bond motifs is 5. The van der Waals surface area contributed by atoms with Crippen LogP contribution in [-0.4, -0.2) is 11.2 Å². The molecule has 0 amide bonds. The van der Waals surface area contributed by atoms with Crippen molar-refractivity contribution in [2.45, 2.75) is 51.6 Å². The first kappa shape index (κ1) is 16.3. The number of allylic oxidation sites excluding steroid dienone is 1. The van der Waals surface area contributed by atoms with Crippen molar-refractivity contribution in [1.82, 2.24) is 0 Å². The predicted molar refractivity (Wildman–Crippen MR) is 108 cm³/mol. The van der Waals surface area contributed by atoms with Crippen LogP contribution >= 0.6 is 0 Å². The van der Waals surface area contributed by atoms with E-state index < -0.39 is 0 Å². The van der Waals surface area contributed by atoms with Gasteiger partial charge in [0.05, 0.1) is 6.10 Å². The van der Waals surface area contributed by atoms with Crippen LogP contribution in [0.2, 0.25) is 0 Å². The lowest BCUT2D eigenvalue weighted by Gasteiger charge is -2.48. The van der Waals surface area contributed by atoms with Gasteiger partial charge in [0.1, 0.15) is 0 Å². The Morgan fingerprint density at radius 1 is 1.00 bits per heavy atom. The molecule has 2 saturated carbocycles. The average molecular weight is 344 g/mol. The summed E-state index contributed by atoms with van der Waals surface area (Å²) in [5.41, 5.74) is 7.16. The molecule has 0 radical (unpaired) electrons. The average Bonchev–Trinajstić information content (AvgIpc) is 2.97. The summed E-state index contributed by atoms with van der Waals surface area (Å²) in [4.78, 5) is 0. The molecule has 0 heterocycles. The molecule has 2 aromatic rings. The van der Waals surface area contributed by atoms with E-state index in [1.807, 2.05) is 0 Å². The van der Waals surface area contributed by atoms with Gasteiger partial charge in [-0.1, -0.05) is 55.5 Å². The number of hydrogen-bond donors (Lipinski definition) is 1. The first-order valence-corrected chi connectivity index (χ1v) is 10.1. The Hall–Kier alpha value is -1.86. The zero-order chi connectivity index (χ0) is 17.9. The van der Waals surface area contributed by atoms with Gasteiger partial charge in [-0.15, -0.1) is 0 Å². The highest BCUT2D eigenvalue weighted by atomic mass is 16.3. The van der Waals surface area contributed by atoms with Gasteiger partial charge in [-0.25, -0.2) is 0 Å². The summed E-state index contributed by atoms with van der Waals surface area (Å²) in [6.07, 6.45) is 9.26. The van der Waals surface area contributed by atoms with Crippen LogP contribution in [0.1, 0.15) is 55.2 Å². The SMILES string of the molecule is Cc1cc(-c2ccccc2)cc2c1[C@H]1CC[C@]3(C)C(O)CC[C@H]3[C@@H]1C=C2. The first-order valence-electron chi connectivity index (χ1n) is 10.1. The summed E-state index contributed by atoms with van der Waals surface area (Å²) in [6, 6.07) is 15.5. The number of hydrogen-bond acceptors (Lipinski definition) is 1. The molecule has 0 saturated heterocycles. The number of benzene rings is 2. The fourth-order valence-electron chi connectivity index (χ4n) is 6.25. The smallest absolute Gasteiger partial charge is 0.0596 e. The van der Waals surface area contributed by atoms with Crippen LogP contribution in [0.15, 0.2) is 48.5 Å². The topological polar surface area (TPSA) is 20.2 Å². The first-order chi connectivity index (χ1) is 12.6.